The van der Waals surface area contributed by atoms with Gasteiger partial charge < -0.3 is 0 Å². The highest BCUT2D eigenvalue weighted by Crippen LogP contribution is 2.13. The maximum atomic E-state index is 5.14. The third kappa shape index (κ3) is 3.95. The van der Waals surface area contributed by atoms with Crippen LogP contribution in [0.4, 0.5) is 0 Å². The Labute approximate surface area is 83.2 Å². The zero-order valence-corrected chi connectivity index (χ0v) is 8.47. The van der Waals surface area contributed by atoms with E-state index in [-0.39, 0.29) is 0 Å². The molecule has 0 saturated heterocycles. The molecule has 0 bridgehead atoms. The molecule has 1 aromatic rings. The number of hydrogen-bond acceptors (Lipinski definition) is 3. The summed E-state index contributed by atoms with van der Waals surface area (Å²) >= 11 is 1.66. The van der Waals surface area contributed by atoms with E-state index >= 15 is 0 Å². The first-order chi connectivity index (χ1) is 6.33. The van der Waals surface area contributed by atoms with Gasteiger partial charge >= 0.3 is 0 Å². The van der Waals surface area contributed by atoms with Gasteiger partial charge in [-0.25, -0.2) is 9.97 Å². The van der Waals surface area contributed by atoms with Gasteiger partial charge in [-0.05, 0) is 19.4 Å². The molecule has 0 radical (unpaired) electrons. The number of aryl methyl sites for hydroxylation is 1. The average molecular weight is 192 g/mol. The second kappa shape index (κ2) is 5.60. The lowest BCUT2D eigenvalue weighted by Crippen LogP contribution is -1.89. The fraction of sp³-hybridized carbons (Fsp3) is 0.400. The molecule has 0 fully saturated rings. The molecule has 3 heteroatoms. The molecule has 68 valence electrons. The Morgan fingerprint density at radius 1 is 1.62 bits per heavy atom. The van der Waals surface area contributed by atoms with Crippen LogP contribution >= 0.6 is 11.8 Å². The number of thioether (sulfide) groups is 1. The summed E-state index contributed by atoms with van der Waals surface area (Å²) in [5, 5.41) is 0.844. The van der Waals surface area contributed by atoms with Crippen LogP contribution in [0.5, 0.6) is 0 Å². The van der Waals surface area contributed by atoms with E-state index in [1.807, 2.05) is 13.0 Å². The van der Waals surface area contributed by atoms with E-state index in [2.05, 4.69) is 15.9 Å². The van der Waals surface area contributed by atoms with Gasteiger partial charge in [0.25, 0.3) is 0 Å². The molecule has 0 saturated carbocycles. The van der Waals surface area contributed by atoms with Crippen LogP contribution in [0.1, 0.15) is 18.5 Å². The number of aromatic nitrogens is 2. The van der Waals surface area contributed by atoms with E-state index < -0.39 is 0 Å². The van der Waals surface area contributed by atoms with Crippen molar-refractivity contribution >= 4 is 11.8 Å². The van der Waals surface area contributed by atoms with E-state index in [0.717, 1.165) is 29.4 Å². The van der Waals surface area contributed by atoms with Gasteiger partial charge in [-0.3, -0.25) is 0 Å². The Balaban J connectivity index is 2.33. The van der Waals surface area contributed by atoms with Gasteiger partial charge in [-0.2, -0.15) is 0 Å². The monoisotopic (exact) mass is 192 g/mol. The summed E-state index contributed by atoms with van der Waals surface area (Å²) in [4.78, 5) is 8.41. The predicted octanol–water partition coefficient (Wildman–Crippen LogP) is 2.29. The van der Waals surface area contributed by atoms with Crippen LogP contribution in [-0.4, -0.2) is 15.7 Å². The number of hydrogen-bond donors (Lipinski definition) is 0. The van der Waals surface area contributed by atoms with Gasteiger partial charge in [-0.15, -0.1) is 12.3 Å². The van der Waals surface area contributed by atoms with Gasteiger partial charge in [0.2, 0.25) is 0 Å². The van der Waals surface area contributed by atoms with Crippen LogP contribution in [0.3, 0.4) is 0 Å². The zero-order chi connectivity index (χ0) is 9.52. The van der Waals surface area contributed by atoms with Crippen molar-refractivity contribution in [3.8, 4) is 12.3 Å². The van der Waals surface area contributed by atoms with Crippen molar-refractivity contribution in [2.75, 3.05) is 5.75 Å². The van der Waals surface area contributed by atoms with Crippen molar-refractivity contribution < 1.29 is 0 Å². The molecule has 0 amide bonds. The van der Waals surface area contributed by atoms with Crippen molar-refractivity contribution in [3.05, 3.63) is 18.0 Å². The molecule has 1 heterocycles. The highest BCUT2D eigenvalue weighted by molar-refractivity contribution is 7.99. The molecule has 0 N–H and O–H groups in total. The molecule has 13 heavy (non-hydrogen) atoms. The maximum Gasteiger partial charge on any atom is 0.187 e. The smallest absolute Gasteiger partial charge is 0.187 e. The van der Waals surface area contributed by atoms with E-state index in [1.165, 1.54) is 0 Å². The molecule has 0 aliphatic carbocycles. The summed E-state index contributed by atoms with van der Waals surface area (Å²) in [7, 11) is 0. The first-order valence-corrected chi connectivity index (χ1v) is 5.17. The summed E-state index contributed by atoms with van der Waals surface area (Å²) in [6.45, 7) is 1.97. The maximum absolute atomic E-state index is 5.14. The van der Waals surface area contributed by atoms with Crippen molar-refractivity contribution in [2.45, 2.75) is 24.9 Å². The predicted molar refractivity (Wildman–Crippen MR) is 55.6 cm³/mol. The Morgan fingerprint density at radius 3 is 3.15 bits per heavy atom. The fourth-order valence-electron chi connectivity index (χ4n) is 0.833. The summed E-state index contributed by atoms with van der Waals surface area (Å²) < 4.78 is 0. The Bertz CT molecular complexity index is 304. The molecular formula is C10H12N2S. The van der Waals surface area contributed by atoms with Crippen LogP contribution in [0, 0.1) is 19.3 Å². The molecule has 0 aromatic carbocycles. The van der Waals surface area contributed by atoms with E-state index in [9.17, 15) is 0 Å². The number of rotatable bonds is 4. The van der Waals surface area contributed by atoms with Crippen LogP contribution in [0.15, 0.2) is 17.4 Å². The third-order valence-electron chi connectivity index (χ3n) is 1.47. The summed E-state index contributed by atoms with van der Waals surface area (Å²) in [5.41, 5.74) is 1.01. The standard InChI is InChI=1S/C10H12N2S/c1-3-4-5-8-13-10-11-7-6-9(2)12-10/h1,6-7H,4-5,8H2,2H3. The van der Waals surface area contributed by atoms with Gasteiger partial charge in [0.15, 0.2) is 5.16 Å². The molecule has 1 rings (SSSR count). The lowest BCUT2D eigenvalue weighted by atomic mass is 10.4. The zero-order valence-electron chi connectivity index (χ0n) is 7.66. The summed E-state index contributed by atoms with van der Waals surface area (Å²) in [5.74, 6) is 3.60. The molecule has 1 aromatic heterocycles. The molecular weight excluding hydrogens is 180 g/mol. The van der Waals surface area contributed by atoms with Gasteiger partial charge in [0, 0.05) is 24.1 Å². The van der Waals surface area contributed by atoms with Gasteiger partial charge in [-0.1, -0.05) is 11.8 Å². The molecule has 2 nitrogen and oxygen atoms in total. The minimum atomic E-state index is 0.832. The molecule has 0 aliphatic rings. The Hall–Kier alpha value is -1.01. The molecule has 0 unspecified atom stereocenters. The number of nitrogens with zero attached hydrogens (tertiary/aromatic N) is 2. The lowest BCUT2D eigenvalue weighted by molar-refractivity contribution is 0.922. The van der Waals surface area contributed by atoms with Crippen LogP contribution < -0.4 is 0 Å². The fourth-order valence-corrected chi connectivity index (χ4v) is 1.65. The first kappa shape index (κ1) is 10.1. The SMILES string of the molecule is C#CCCCSc1nccc(C)n1. The minimum absolute atomic E-state index is 0.832. The molecule has 0 spiro atoms. The van der Waals surface area contributed by atoms with Crippen LogP contribution in [-0.2, 0) is 0 Å². The largest absolute Gasteiger partial charge is 0.231 e. The quantitative estimate of drug-likeness (QED) is 0.317. The second-order valence-corrected chi connectivity index (χ2v) is 3.70. The highest BCUT2D eigenvalue weighted by Gasteiger charge is 1.96. The normalized spacial score (nSPS) is 9.54. The highest BCUT2D eigenvalue weighted by atomic mass is 32.2. The van der Waals surface area contributed by atoms with Gasteiger partial charge in [0.05, 0.1) is 0 Å². The molecule has 0 aliphatic heterocycles. The second-order valence-electron chi connectivity index (χ2n) is 2.64. The van der Waals surface area contributed by atoms with Crippen molar-refractivity contribution in [2.24, 2.45) is 0 Å². The summed E-state index contributed by atoms with van der Waals surface area (Å²) in [6.07, 6.45) is 8.78. The van der Waals surface area contributed by atoms with Crippen molar-refractivity contribution in [1.82, 2.24) is 9.97 Å². The minimum Gasteiger partial charge on any atom is -0.231 e. The van der Waals surface area contributed by atoms with E-state index in [4.69, 9.17) is 6.42 Å². The average Bonchev–Trinajstić information content (AvgIpc) is 2.13. The van der Waals surface area contributed by atoms with E-state index in [1.54, 1.807) is 18.0 Å². The van der Waals surface area contributed by atoms with E-state index in [0.29, 0.717) is 0 Å². The van der Waals surface area contributed by atoms with Crippen molar-refractivity contribution in [3.63, 3.8) is 0 Å². The third-order valence-corrected chi connectivity index (χ3v) is 2.42. The van der Waals surface area contributed by atoms with Crippen LogP contribution in [0.25, 0.3) is 0 Å². The Morgan fingerprint density at radius 2 is 2.46 bits per heavy atom. The molecule has 0 atom stereocenters. The van der Waals surface area contributed by atoms with Crippen molar-refractivity contribution in [1.29, 1.82) is 0 Å². The summed E-state index contributed by atoms with van der Waals surface area (Å²) in [6, 6.07) is 1.89. The topological polar surface area (TPSA) is 25.8 Å². The first-order valence-electron chi connectivity index (χ1n) is 4.19. The van der Waals surface area contributed by atoms with Crippen LogP contribution in [0.2, 0.25) is 0 Å². The van der Waals surface area contributed by atoms with Gasteiger partial charge in [0.1, 0.15) is 0 Å². The lowest BCUT2D eigenvalue weighted by Gasteiger charge is -1.98. The Kier molecular flexibility index (Phi) is 4.34. The number of unbranched alkanes of at least 4 members (excludes halogenated alkanes) is 1. The number of terminal acetylenes is 1.